The van der Waals surface area contributed by atoms with Gasteiger partial charge >= 0.3 is 0 Å². The molecule has 0 aliphatic rings. The molecular weight excluding hydrogens is 190 g/mol. The molecule has 1 aromatic heterocycles. The van der Waals surface area contributed by atoms with Gasteiger partial charge in [-0.1, -0.05) is 13.8 Å². The highest BCUT2D eigenvalue weighted by Crippen LogP contribution is 2.05. The summed E-state index contributed by atoms with van der Waals surface area (Å²) >= 11 is 0. The standard InChI is InChI=1S/C11H21N3O/c1-9(2)4-10(7-15)13-6-11-5-12-8-14(11)3/h5,8-10,13,15H,4,6-7H2,1-3H3. The number of imidazole rings is 1. The first kappa shape index (κ1) is 12.2. The van der Waals surface area contributed by atoms with Crippen molar-refractivity contribution in [2.75, 3.05) is 6.61 Å². The van der Waals surface area contributed by atoms with Crippen LogP contribution in [0.3, 0.4) is 0 Å². The van der Waals surface area contributed by atoms with Crippen LogP contribution in [0.1, 0.15) is 26.0 Å². The summed E-state index contributed by atoms with van der Waals surface area (Å²) in [5, 5.41) is 12.5. The number of rotatable bonds is 6. The molecule has 2 N–H and O–H groups in total. The summed E-state index contributed by atoms with van der Waals surface area (Å²) in [6, 6.07) is 0.180. The Bertz CT molecular complexity index is 283. The van der Waals surface area contributed by atoms with Crippen LogP contribution in [0.2, 0.25) is 0 Å². The number of aryl methyl sites for hydroxylation is 1. The van der Waals surface area contributed by atoms with Crippen molar-refractivity contribution in [2.24, 2.45) is 13.0 Å². The van der Waals surface area contributed by atoms with Crippen LogP contribution in [0.5, 0.6) is 0 Å². The summed E-state index contributed by atoms with van der Waals surface area (Å²) in [6.45, 7) is 5.27. The lowest BCUT2D eigenvalue weighted by atomic mass is 10.0. The lowest BCUT2D eigenvalue weighted by molar-refractivity contribution is 0.223. The Balaban J connectivity index is 2.37. The lowest BCUT2D eigenvalue weighted by Gasteiger charge is -2.18. The van der Waals surface area contributed by atoms with E-state index in [1.54, 1.807) is 6.33 Å². The van der Waals surface area contributed by atoms with Crippen LogP contribution in [0.4, 0.5) is 0 Å². The predicted octanol–water partition coefficient (Wildman–Crippen LogP) is 0.917. The van der Waals surface area contributed by atoms with Gasteiger partial charge in [0.1, 0.15) is 0 Å². The van der Waals surface area contributed by atoms with Gasteiger partial charge in [-0.2, -0.15) is 0 Å². The van der Waals surface area contributed by atoms with E-state index in [4.69, 9.17) is 0 Å². The van der Waals surface area contributed by atoms with Crippen LogP contribution < -0.4 is 5.32 Å². The van der Waals surface area contributed by atoms with E-state index in [2.05, 4.69) is 24.1 Å². The number of nitrogens with zero attached hydrogens (tertiary/aromatic N) is 2. The van der Waals surface area contributed by atoms with Crippen LogP contribution >= 0.6 is 0 Å². The van der Waals surface area contributed by atoms with Gasteiger partial charge in [-0.3, -0.25) is 0 Å². The van der Waals surface area contributed by atoms with Crippen molar-refractivity contribution in [3.8, 4) is 0 Å². The number of aliphatic hydroxyl groups is 1. The van der Waals surface area contributed by atoms with E-state index in [9.17, 15) is 5.11 Å². The van der Waals surface area contributed by atoms with Gasteiger partial charge < -0.3 is 15.0 Å². The van der Waals surface area contributed by atoms with Gasteiger partial charge in [0.15, 0.2) is 0 Å². The molecule has 1 heterocycles. The van der Waals surface area contributed by atoms with Gasteiger partial charge in [0, 0.05) is 25.8 Å². The van der Waals surface area contributed by atoms with E-state index >= 15 is 0 Å². The quantitative estimate of drug-likeness (QED) is 0.735. The average Bonchev–Trinajstić information content (AvgIpc) is 2.58. The van der Waals surface area contributed by atoms with Crippen molar-refractivity contribution in [3.05, 3.63) is 18.2 Å². The Labute approximate surface area is 91.3 Å². The van der Waals surface area contributed by atoms with Crippen LogP contribution in [-0.4, -0.2) is 27.3 Å². The van der Waals surface area contributed by atoms with Crippen LogP contribution in [0.25, 0.3) is 0 Å². The Morgan fingerprint density at radius 1 is 1.53 bits per heavy atom. The molecule has 0 amide bonds. The second-order valence-corrected chi connectivity index (χ2v) is 4.39. The van der Waals surface area contributed by atoms with Gasteiger partial charge in [-0.05, 0) is 12.3 Å². The van der Waals surface area contributed by atoms with E-state index < -0.39 is 0 Å². The largest absolute Gasteiger partial charge is 0.395 e. The maximum atomic E-state index is 9.19. The second kappa shape index (κ2) is 5.88. The third-order valence-corrected chi connectivity index (χ3v) is 2.46. The van der Waals surface area contributed by atoms with Gasteiger partial charge in [0.05, 0.1) is 18.6 Å². The fraction of sp³-hybridized carbons (Fsp3) is 0.727. The number of aromatic nitrogens is 2. The Kier molecular flexibility index (Phi) is 4.78. The summed E-state index contributed by atoms with van der Waals surface area (Å²) in [5.41, 5.74) is 1.14. The van der Waals surface area contributed by atoms with E-state index in [1.165, 1.54) is 0 Å². The molecule has 0 radical (unpaired) electrons. The van der Waals surface area contributed by atoms with E-state index in [0.29, 0.717) is 5.92 Å². The van der Waals surface area contributed by atoms with Crippen molar-refractivity contribution in [1.29, 1.82) is 0 Å². The van der Waals surface area contributed by atoms with Gasteiger partial charge in [-0.15, -0.1) is 0 Å². The van der Waals surface area contributed by atoms with Crippen molar-refractivity contribution in [1.82, 2.24) is 14.9 Å². The summed E-state index contributed by atoms with van der Waals surface area (Å²) in [5.74, 6) is 0.598. The molecule has 0 aromatic carbocycles. The third kappa shape index (κ3) is 4.01. The maximum Gasteiger partial charge on any atom is 0.0945 e. The zero-order chi connectivity index (χ0) is 11.3. The van der Waals surface area contributed by atoms with Crippen LogP contribution in [-0.2, 0) is 13.6 Å². The molecule has 0 bridgehead atoms. The normalized spacial score (nSPS) is 13.4. The fourth-order valence-corrected chi connectivity index (χ4v) is 1.60. The highest BCUT2D eigenvalue weighted by Gasteiger charge is 2.09. The molecule has 15 heavy (non-hydrogen) atoms. The van der Waals surface area contributed by atoms with Crippen molar-refractivity contribution >= 4 is 0 Å². The third-order valence-electron chi connectivity index (χ3n) is 2.46. The molecule has 0 saturated heterocycles. The first-order chi connectivity index (χ1) is 7.13. The number of hydrogen-bond acceptors (Lipinski definition) is 3. The van der Waals surface area contributed by atoms with Gasteiger partial charge in [0.25, 0.3) is 0 Å². The lowest BCUT2D eigenvalue weighted by Crippen LogP contribution is -2.33. The molecule has 0 fully saturated rings. The number of hydrogen-bond donors (Lipinski definition) is 2. The van der Waals surface area contributed by atoms with Gasteiger partial charge in [-0.25, -0.2) is 4.98 Å². The number of aliphatic hydroxyl groups excluding tert-OH is 1. The smallest absolute Gasteiger partial charge is 0.0945 e. The zero-order valence-electron chi connectivity index (χ0n) is 9.77. The van der Waals surface area contributed by atoms with E-state index in [0.717, 1.165) is 18.7 Å². The molecule has 0 saturated carbocycles. The molecule has 1 rings (SSSR count). The number of nitrogens with one attached hydrogen (secondary N) is 1. The summed E-state index contributed by atoms with van der Waals surface area (Å²) in [6.07, 6.45) is 4.62. The monoisotopic (exact) mass is 211 g/mol. The molecule has 4 nitrogen and oxygen atoms in total. The molecule has 86 valence electrons. The molecule has 1 aromatic rings. The van der Waals surface area contributed by atoms with Crippen molar-refractivity contribution in [3.63, 3.8) is 0 Å². The van der Waals surface area contributed by atoms with Crippen LogP contribution in [0.15, 0.2) is 12.5 Å². The topological polar surface area (TPSA) is 50.1 Å². The first-order valence-corrected chi connectivity index (χ1v) is 5.43. The molecule has 1 unspecified atom stereocenters. The molecule has 1 atom stereocenters. The summed E-state index contributed by atoms with van der Waals surface area (Å²) < 4.78 is 1.98. The first-order valence-electron chi connectivity index (χ1n) is 5.43. The Hall–Kier alpha value is -0.870. The minimum Gasteiger partial charge on any atom is -0.395 e. The molecular formula is C11H21N3O. The molecule has 0 aliphatic heterocycles. The Morgan fingerprint density at radius 3 is 2.73 bits per heavy atom. The van der Waals surface area contributed by atoms with Crippen LogP contribution in [0, 0.1) is 5.92 Å². The second-order valence-electron chi connectivity index (χ2n) is 4.39. The summed E-state index contributed by atoms with van der Waals surface area (Å²) in [7, 11) is 1.97. The molecule has 0 spiro atoms. The minimum absolute atomic E-state index is 0.180. The maximum absolute atomic E-state index is 9.19. The van der Waals surface area contributed by atoms with E-state index in [-0.39, 0.29) is 12.6 Å². The fourth-order valence-electron chi connectivity index (χ4n) is 1.60. The van der Waals surface area contributed by atoms with Crippen molar-refractivity contribution in [2.45, 2.75) is 32.9 Å². The highest BCUT2D eigenvalue weighted by molar-refractivity contribution is 4.97. The van der Waals surface area contributed by atoms with Gasteiger partial charge in [0.2, 0.25) is 0 Å². The SMILES string of the molecule is CC(C)CC(CO)NCc1cncn1C. The van der Waals surface area contributed by atoms with Crippen molar-refractivity contribution < 1.29 is 5.11 Å². The highest BCUT2D eigenvalue weighted by atomic mass is 16.3. The summed E-state index contributed by atoms with van der Waals surface area (Å²) in [4.78, 5) is 4.05. The predicted molar refractivity (Wildman–Crippen MR) is 60.4 cm³/mol. The van der Waals surface area contributed by atoms with E-state index in [1.807, 2.05) is 17.8 Å². The minimum atomic E-state index is 0.180. The Morgan fingerprint density at radius 2 is 2.27 bits per heavy atom. The molecule has 4 heteroatoms. The molecule has 0 aliphatic carbocycles. The average molecular weight is 211 g/mol. The zero-order valence-corrected chi connectivity index (χ0v) is 9.77.